The van der Waals surface area contributed by atoms with Gasteiger partial charge < -0.3 is 0 Å². The molecule has 2 N–H and O–H groups in total. The average Bonchev–Trinajstić information content (AvgIpc) is 3.15. The number of hydrazine groups is 1. The van der Waals surface area contributed by atoms with E-state index in [2.05, 4.69) is 17.8 Å². The summed E-state index contributed by atoms with van der Waals surface area (Å²) in [5, 5.41) is 0. The van der Waals surface area contributed by atoms with E-state index in [0.29, 0.717) is 10.8 Å². The highest BCUT2D eigenvalue weighted by Crippen LogP contribution is 2.32. The van der Waals surface area contributed by atoms with Crippen molar-refractivity contribution in [3.05, 3.63) is 21.4 Å². The first-order valence-electron chi connectivity index (χ1n) is 6.85. The Morgan fingerprint density at radius 2 is 2.05 bits per heavy atom. The Kier molecular flexibility index (Phi) is 3.31. The molecule has 1 atom stereocenters. The van der Waals surface area contributed by atoms with Crippen molar-refractivity contribution in [1.29, 1.82) is 0 Å². The second-order valence-corrected chi connectivity index (χ2v) is 6.76. The first-order valence-corrected chi connectivity index (χ1v) is 7.67. The third-order valence-corrected chi connectivity index (χ3v) is 5.04. The molecule has 2 amide bonds. The van der Waals surface area contributed by atoms with Gasteiger partial charge in [0, 0.05) is 10.8 Å². The first-order chi connectivity index (χ1) is 9.13. The summed E-state index contributed by atoms with van der Waals surface area (Å²) in [6, 6.07) is 1.98. The number of aryl methyl sites for hydroxylation is 1. The quantitative estimate of drug-likeness (QED) is 0.813. The molecule has 0 spiro atoms. The van der Waals surface area contributed by atoms with Crippen molar-refractivity contribution in [3.63, 3.8) is 0 Å². The maximum atomic E-state index is 12.0. The normalized spacial score (nSPS) is 21.6. The van der Waals surface area contributed by atoms with Gasteiger partial charge in [-0.3, -0.25) is 20.4 Å². The summed E-state index contributed by atoms with van der Waals surface area (Å²) in [5.41, 5.74) is 6.32. The molecule has 5 heteroatoms. The summed E-state index contributed by atoms with van der Waals surface area (Å²) in [7, 11) is 0. The molecule has 19 heavy (non-hydrogen) atoms. The number of nitrogens with one attached hydrogen (secondary N) is 2. The number of hydrogen-bond acceptors (Lipinski definition) is 3. The molecule has 0 aliphatic heterocycles. The number of amides is 2. The number of hydrogen-bond donors (Lipinski definition) is 2. The van der Waals surface area contributed by atoms with Crippen molar-refractivity contribution in [1.82, 2.24) is 10.9 Å². The first kappa shape index (κ1) is 12.7. The fourth-order valence-corrected chi connectivity index (χ4v) is 3.55. The van der Waals surface area contributed by atoms with Crippen molar-refractivity contribution in [3.8, 4) is 0 Å². The number of thiophene rings is 1. The third kappa shape index (κ3) is 2.81. The second kappa shape index (κ2) is 4.96. The van der Waals surface area contributed by atoms with Gasteiger partial charge >= 0.3 is 0 Å². The van der Waals surface area contributed by atoms with Gasteiger partial charge in [-0.2, -0.15) is 0 Å². The van der Waals surface area contributed by atoms with Crippen molar-refractivity contribution in [2.75, 3.05) is 0 Å². The zero-order chi connectivity index (χ0) is 13.4. The summed E-state index contributed by atoms with van der Waals surface area (Å²) < 4.78 is 0. The number of rotatable bonds is 2. The van der Waals surface area contributed by atoms with Gasteiger partial charge in [0.15, 0.2) is 0 Å². The van der Waals surface area contributed by atoms with Crippen LogP contribution in [0.2, 0.25) is 0 Å². The summed E-state index contributed by atoms with van der Waals surface area (Å²) in [6.45, 7) is 2.25. The number of fused-ring (bicyclic) bond motifs is 1. The Morgan fingerprint density at radius 3 is 2.79 bits per heavy atom. The predicted octanol–water partition coefficient (Wildman–Crippen LogP) is 2.04. The molecule has 0 saturated heterocycles. The molecular formula is C14H18N2O2S. The van der Waals surface area contributed by atoms with Crippen LogP contribution in [0.15, 0.2) is 6.07 Å². The molecule has 3 rings (SSSR count). The molecule has 0 aromatic carbocycles. The van der Waals surface area contributed by atoms with E-state index < -0.39 is 0 Å². The zero-order valence-electron chi connectivity index (χ0n) is 11.0. The molecule has 102 valence electrons. The minimum absolute atomic E-state index is 0.0664. The fraction of sp³-hybridized carbons (Fsp3) is 0.571. The van der Waals surface area contributed by atoms with Gasteiger partial charge in [-0.15, -0.1) is 11.3 Å². The Labute approximate surface area is 116 Å². The summed E-state index contributed by atoms with van der Waals surface area (Å²) >= 11 is 1.56. The van der Waals surface area contributed by atoms with Crippen LogP contribution < -0.4 is 10.9 Å². The van der Waals surface area contributed by atoms with Crippen LogP contribution in [0.4, 0.5) is 0 Å². The minimum atomic E-state index is -0.193. The molecule has 1 saturated carbocycles. The minimum Gasteiger partial charge on any atom is -0.273 e. The van der Waals surface area contributed by atoms with Crippen LogP contribution in [0, 0.1) is 11.8 Å². The summed E-state index contributed by atoms with van der Waals surface area (Å²) in [4.78, 5) is 25.5. The lowest BCUT2D eigenvalue weighted by Crippen LogP contribution is -2.42. The Balaban J connectivity index is 1.61. The predicted molar refractivity (Wildman–Crippen MR) is 73.8 cm³/mol. The van der Waals surface area contributed by atoms with Crippen LogP contribution >= 0.6 is 11.3 Å². The third-order valence-electron chi connectivity index (χ3n) is 3.80. The lowest BCUT2D eigenvalue weighted by Gasteiger charge is -2.16. The van der Waals surface area contributed by atoms with E-state index in [0.717, 1.165) is 25.7 Å². The summed E-state index contributed by atoms with van der Waals surface area (Å²) in [5.74, 6) is 0.551. The lowest BCUT2D eigenvalue weighted by molar-refractivity contribution is -0.123. The van der Waals surface area contributed by atoms with Crippen LogP contribution in [0.3, 0.4) is 0 Å². The van der Waals surface area contributed by atoms with Crippen molar-refractivity contribution < 1.29 is 9.59 Å². The summed E-state index contributed by atoms with van der Waals surface area (Å²) in [6.07, 6.45) is 5.21. The van der Waals surface area contributed by atoms with Gasteiger partial charge in [0.1, 0.15) is 0 Å². The highest BCUT2D eigenvalue weighted by atomic mass is 32.1. The zero-order valence-corrected chi connectivity index (χ0v) is 11.8. The topological polar surface area (TPSA) is 58.2 Å². The SMILES string of the molecule is CC1CCc2sc(C(=O)NNC(=O)C3CC3)cc2C1. The van der Waals surface area contributed by atoms with Crippen LogP contribution in [-0.2, 0) is 17.6 Å². The van der Waals surface area contributed by atoms with Gasteiger partial charge in [0.25, 0.3) is 5.91 Å². The van der Waals surface area contributed by atoms with Gasteiger partial charge in [0.2, 0.25) is 5.91 Å². The monoisotopic (exact) mass is 278 g/mol. The van der Waals surface area contributed by atoms with E-state index in [1.807, 2.05) is 6.07 Å². The molecule has 1 aromatic rings. The van der Waals surface area contributed by atoms with Crippen LogP contribution in [-0.4, -0.2) is 11.8 Å². The van der Waals surface area contributed by atoms with Gasteiger partial charge in [-0.25, -0.2) is 0 Å². The van der Waals surface area contributed by atoms with Gasteiger partial charge in [0.05, 0.1) is 4.88 Å². The Bertz CT molecular complexity index is 520. The van der Waals surface area contributed by atoms with E-state index in [1.54, 1.807) is 11.3 Å². The van der Waals surface area contributed by atoms with Crippen LogP contribution in [0.1, 0.15) is 46.3 Å². The molecule has 1 aromatic heterocycles. The number of carbonyl (C=O) groups is 2. The van der Waals surface area contributed by atoms with Crippen molar-refractivity contribution >= 4 is 23.2 Å². The molecule has 1 fully saturated rings. The van der Waals surface area contributed by atoms with Crippen LogP contribution in [0.5, 0.6) is 0 Å². The van der Waals surface area contributed by atoms with Crippen molar-refractivity contribution in [2.45, 2.75) is 39.0 Å². The second-order valence-electron chi connectivity index (χ2n) is 5.62. The Hall–Kier alpha value is -1.36. The highest BCUT2D eigenvalue weighted by molar-refractivity contribution is 7.14. The molecule has 0 bridgehead atoms. The van der Waals surface area contributed by atoms with Gasteiger partial charge in [-0.05, 0) is 49.7 Å². The standard InChI is InChI=1S/C14H18N2O2S/c1-8-2-5-11-10(6-8)7-12(19-11)14(18)16-15-13(17)9-3-4-9/h7-9H,2-6H2,1H3,(H,15,17)(H,16,18). The lowest BCUT2D eigenvalue weighted by atomic mass is 9.90. The van der Waals surface area contributed by atoms with Crippen molar-refractivity contribution in [2.24, 2.45) is 11.8 Å². The molecule has 4 nitrogen and oxygen atoms in total. The maximum absolute atomic E-state index is 12.0. The fourth-order valence-electron chi connectivity index (χ4n) is 2.45. The largest absolute Gasteiger partial charge is 0.279 e. The maximum Gasteiger partial charge on any atom is 0.279 e. The van der Waals surface area contributed by atoms with E-state index in [9.17, 15) is 9.59 Å². The average molecular weight is 278 g/mol. The molecule has 2 aliphatic rings. The highest BCUT2D eigenvalue weighted by Gasteiger charge is 2.30. The molecule has 1 unspecified atom stereocenters. The van der Waals surface area contributed by atoms with Crippen LogP contribution in [0.25, 0.3) is 0 Å². The Morgan fingerprint density at radius 1 is 1.26 bits per heavy atom. The van der Waals surface area contributed by atoms with Gasteiger partial charge in [-0.1, -0.05) is 6.92 Å². The smallest absolute Gasteiger partial charge is 0.273 e. The number of carbonyl (C=O) groups excluding carboxylic acids is 2. The van der Waals surface area contributed by atoms with E-state index in [1.165, 1.54) is 16.9 Å². The molecule has 2 aliphatic carbocycles. The molecular weight excluding hydrogens is 260 g/mol. The molecule has 0 radical (unpaired) electrons. The van der Waals surface area contributed by atoms with E-state index in [4.69, 9.17) is 0 Å². The molecule has 1 heterocycles. The van der Waals surface area contributed by atoms with E-state index in [-0.39, 0.29) is 17.7 Å². The van der Waals surface area contributed by atoms with E-state index >= 15 is 0 Å².